The van der Waals surface area contributed by atoms with E-state index in [0.29, 0.717) is 24.9 Å². The normalized spacial score (nSPS) is 10.5. The van der Waals surface area contributed by atoms with Crippen LogP contribution in [0, 0.1) is 13.8 Å². The van der Waals surface area contributed by atoms with Crippen LogP contribution in [0.4, 0.5) is 5.69 Å². The van der Waals surface area contributed by atoms with Gasteiger partial charge in [0.1, 0.15) is 0 Å². The molecule has 0 aromatic heterocycles. The molecule has 144 valence electrons. The smallest absolute Gasteiger partial charge is 0.171 e. The Hall–Kier alpha value is -2.69. The summed E-state index contributed by atoms with van der Waals surface area (Å²) < 4.78 is 5.90. The maximum atomic E-state index is 5.90. The molecule has 4 heteroatoms. The summed E-state index contributed by atoms with van der Waals surface area (Å²) in [7, 11) is 0. The SMILES string of the molecule is Cc1ccc(NC(=S)NCc2ccccc2COCc2ccccc2)c(C)c1. The maximum Gasteiger partial charge on any atom is 0.171 e. The molecule has 0 aliphatic heterocycles. The third-order valence-corrected chi connectivity index (χ3v) is 4.80. The van der Waals surface area contributed by atoms with Gasteiger partial charge in [-0.05, 0) is 54.4 Å². The van der Waals surface area contributed by atoms with Crippen LogP contribution in [0.3, 0.4) is 0 Å². The molecule has 0 saturated carbocycles. The lowest BCUT2D eigenvalue weighted by Crippen LogP contribution is -2.28. The van der Waals surface area contributed by atoms with E-state index in [4.69, 9.17) is 17.0 Å². The van der Waals surface area contributed by atoms with E-state index in [2.05, 4.69) is 66.9 Å². The molecule has 0 spiro atoms. The first-order valence-electron chi connectivity index (χ1n) is 9.42. The summed E-state index contributed by atoms with van der Waals surface area (Å²) in [6.45, 7) is 6.00. The second-order valence-electron chi connectivity index (χ2n) is 6.87. The first kappa shape index (κ1) is 20.1. The Kier molecular flexibility index (Phi) is 7.18. The molecule has 0 heterocycles. The molecule has 28 heavy (non-hydrogen) atoms. The largest absolute Gasteiger partial charge is 0.372 e. The van der Waals surface area contributed by atoms with Gasteiger partial charge in [0.2, 0.25) is 0 Å². The average molecular weight is 391 g/mol. The van der Waals surface area contributed by atoms with Crippen LogP contribution in [-0.2, 0) is 24.5 Å². The zero-order chi connectivity index (χ0) is 19.8. The quantitative estimate of drug-likeness (QED) is 0.522. The molecule has 0 bridgehead atoms. The lowest BCUT2D eigenvalue weighted by atomic mass is 10.1. The minimum Gasteiger partial charge on any atom is -0.372 e. The Balaban J connectivity index is 1.53. The predicted molar refractivity (Wildman–Crippen MR) is 120 cm³/mol. The molecule has 3 aromatic rings. The van der Waals surface area contributed by atoms with Crippen LogP contribution >= 0.6 is 12.2 Å². The average Bonchev–Trinajstić information content (AvgIpc) is 2.70. The number of aryl methyl sites for hydroxylation is 2. The van der Waals surface area contributed by atoms with E-state index in [-0.39, 0.29) is 0 Å². The van der Waals surface area contributed by atoms with Gasteiger partial charge in [-0.1, -0.05) is 72.3 Å². The Morgan fingerprint density at radius 1 is 0.857 bits per heavy atom. The first-order chi connectivity index (χ1) is 13.6. The molecule has 0 atom stereocenters. The van der Waals surface area contributed by atoms with E-state index in [9.17, 15) is 0 Å². The van der Waals surface area contributed by atoms with Crippen LogP contribution in [0.5, 0.6) is 0 Å². The zero-order valence-electron chi connectivity index (χ0n) is 16.4. The minimum atomic E-state index is 0.573. The van der Waals surface area contributed by atoms with Crippen LogP contribution < -0.4 is 10.6 Å². The molecular formula is C24H26N2OS. The van der Waals surface area contributed by atoms with Crippen LogP contribution in [0.1, 0.15) is 27.8 Å². The Labute approximate surface area is 172 Å². The fraction of sp³-hybridized carbons (Fsp3) is 0.208. The van der Waals surface area contributed by atoms with E-state index in [1.54, 1.807) is 0 Å². The van der Waals surface area contributed by atoms with Gasteiger partial charge in [0, 0.05) is 12.2 Å². The molecule has 0 aliphatic rings. The van der Waals surface area contributed by atoms with Crippen molar-refractivity contribution in [2.45, 2.75) is 33.6 Å². The van der Waals surface area contributed by atoms with Crippen molar-refractivity contribution in [3.8, 4) is 0 Å². The number of benzene rings is 3. The summed E-state index contributed by atoms with van der Waals surface area (Å²) >= 11 is 5.47. The molecular weight excluding hydrogens is 364 g/mol. The van der Waals surface area contributed by atoms with Crippen molar-refractivity contribution >= 4 is 23.0 Å². The van der Waals surface area contributed by atoms with E-state index >= 15 is 0 Å². The summed E-state index contributed by atoms with van der Waals surface area (Å²) in [6.07, 6.45) is 0. The number of anilines is 1. The highest BCUT2D eigenvalue weighted by atomic mass is 32.1. The van der Waals surface area contributed by atoms with Gasteiger partial charge in [-0.3, -0.25) is 0 Å². The zero-order valence-corrected chi connectivity index (χ0v) is 17.2. The van der Waals surface area contributed by atoms with Crippen molar-refractivity contribution in [3.63, 3.8) is 0 Å². The maximum absolute atomic E-state index is 5.90. The molecule has 0 saturated heterocycles. The van der Waals surface area contributed by atoms with Gasteiger partial charge in [0.15, 0.2) is 5.11 Å². The molecule has 3 rings (SSSR count). The van der Waals surface area contributed by atoms with Gasteiger partial charge in [0.05, 0.1) is 13.2 Å². The molecule has 0 aliphatic carbocycles. The van der Waals surface area contributed by atoms with Gasteiger partial charge < -0.3 is 15.4 Å². The van der Waals surface area contributed by atoms with E-state index in [1.807, 2.05) is 30.3 Å². The van der Waals surface area contributed by atoms with E-state index in [1.165, 1.54) is 27.8 Å². The standard InChI is InChI=1S/C24H26N2OS/c1-18-12-13-23(19(2)14-18)26-24(28)25-15-21-10-6-7-11-22(21)17-27-16-20-8-4-3-5-9-20/h3-14H,15-17H2,1-2H3,(H2,25,26,28). The summed E-state index contributed by atoms with van der Waals surface area (Å²) in [4.78, 5) is 0. The van der Waals surface area contributed by atoms with Gasteiger partial charge in [-0.25, -0.2) is 0 Å². The minimum absolute atomic E-state index is 0.573. The molecule has 0 fully saturated rings. The number of thiocarbonyl (C=S) groups is 1. The van der Waals surface area contributed by atoms with E-state index < -0.39 is 0 Å². The third-order valence-electron chi connectivity index (χ3n) is 4.56. The van der Waals surface area contributed by atoms with Crippen molar-refractivity contribution in [1.82, 2.24) is 5.32 Å². The van der Waals surface area contributed by atoms with Gasteiger partial charge in [-0.2, -0.15) is 0 Å². The lowest BCUT2D eigenvalue weighted by molar-refractivity contribution is 0.106. The molecule has 2 N–H and O–H groups in total. The van der Waals surface area contributed by atoms with Crippen LogP contribution in [0.15, 0.2) is 72.8 Å². The monoisotopic (exact) mass is 390 g/mol. The summed E-state index contributed by atoms with van der Waals surface area (Å²) in [5, 5.41) is 7.20. The predicted octanol–water partition coefficient (Wildman–Crippen LogP) is 5.51. The van der Waals surface area contributed by atoms with Crippen molar-refractivity contribution in [2.24, 2.45) is 0 Å². The highest BCUT2D eigenvalue weighted by molar-refractivity contribution is 7.80. The Bertz CT molecular complexity index is 925. The van der Waals surface area contributed by atoms with Gasteiger partial charge >= 0.3 is 0 Å². The number of ether oxygens (including phenoxy) is 1. The summed E-state index contributed by atoms with van der Waals surface area (Å²) in [5.74, 6) is 0. The van der Waals surface area contributed by atoms with Crippen LogP contribution in [0.2, 0.25) is 0 Å². The number of hydrogen-bond acceptors (Lipinski definition) is 2. The van der Waals surface area contributed by atoms with Crippen molar-refractivity contribution in [2.75, 3.05) is 5.32 Å². The summed E-state index contributed by atoms with van der Waals surface area (Å²) in [6, 6.07) is 24.8. The second kappa shape index (κ2) is 10.0. The highest BCUT2D eigenvalue weighted by Gasteiger charge is 2.05. The Morgan fingerprint density at radius 2 is 1.57 bits per heavy atom. The third kappa shape index (κ3) is 5.91. The number of hydrogen-bond donors (Lipinski definition) is 2. The molecule has 3 nitrogen and oxygen atoms in total. The lowest BCUT2D eigenvalue weighted by Gasteiger charge is -2.15. The van der Waals surface area contributed by atoms with Crippen molar-refractivity contribution in [1.29, 1.82) is 0 Å². The molecule has 0 radical (unpaired) electrons. The Morgan fingerprint density at radius 3 is 2.32 bits per heavy atom. The molecule has 3 aromatic carbocycles. The fourth-order valence-electron chi connectivity index (χ4n) is 3.02. The number of nitrogens with one attached hydrogen (secondary N) is 2. The molecule has 0 amide bonds. The summed E-state index contributed by atoms with van der Waals surface area (Å²) in [5.41, 5.74) is 6.98. The fourth-order valence-corrected chi connectivity index (χ4v) is 3.20. The van der Waals surface area contributed by atoms with Gasteiger partial charge in [-0.15, -0.1) is 0 Å². The van der Waals surface area contributed by atoms with Crippen molar-refractivity contribution < 1.29 is 4.74 Å². The topological polar surface area (TPSA) is 33.3 Å². The van der Waals surface area contributed by atoms with E-state index in [0.717, 1.165) is 5.69 Å². The van der Waals surface area contributed by atoms with Gasteiger partial charge in [0.25, 0.3) is 0 Å². The van der Waals surface area contributed by atoms with Crippen LogP contribution in [0.25, 0.3) is 0 Å². The van der Waals surface area contributed by atoms with Crippen LogP contribution in [-0.4, -0.2) is 5.11 Å². The second-order valence-corrected chi connectivity index (χ2v) is 7.28. The number of rotatable bonds is 7. The highest BCUT2D eigenvalue weighted by Crippen LogP contribution is 2.16. The molecule has 0 unspecified atom stereocenters. The van der Waals surface area contributed by atoms with Crippen molar-refractivity contribution in [3.05, 3.63) is 101 Å². The first-order valence-corrected chi connectivity index (χ1v) is 9.83.